The average Bonchev–Trinajstić information content (AvgIpc) is 2.72. The molecule has 0 heterocycles. The standard InChI is InChI=1S/C26H44N4O4/c1-18(2)16-20-8-10-21(11-9-20)30-23(32)19(3)29-22(31)17-28-24(33)25(4,5)13-15-34-26(6,7)12-14-27/h8-11,18-19H,12-17,27H2,1-7H3,(H,28,33)(H,29,31)(H,30,32). The molecule has 0 fully saturated rings. The van der Waals surface area contributed by atoms with Crippen LogP contribution in [0.5, 0.6) is 0 Å². The lowest BCUT2D eigenvalue weighted by atomic mass is 9.88. The van der Waals surface area contributed by atoms with E-state index in [0.717, 1.165) is 12.8 Å². The summed E-state index contributed by atoms with van der Waals surface area (Å²) in [4.78, 5) is 37.2. The van der Waals surface area contributed by atoms with Crippen molar-refractivity contribution < 1.29 is 19.1 Å². The van der Waals surface area contributed by atoms with E-state index >= 15 is 0 Å². The van der Waals surface area contributed by atoms with Crippen molar-refractivity contribution in [3.8, 4) is 0 Å². The first-order chi connectivity index (χ1) is 15.8. The van der Waals surface area contributed by atoms with Gasteiger partial charge >= 0.3 is 0 Å². The SMILES string of the molecule is CC(C)Cc1ccc(NC(=O)C(C)NC(=O)CNC(=O)C(C)(C)CCOC(C)(C)CCN)cc1. The summed E-state index contributed by atoms with van der Waals surface area (Å²) in [6, 6.07) is 6.94. The van der Waals surface area contributed by atoms with Crippen LogP contribution in [0.2, 0.25) is 0 Å². The molecule has 0 aliphatic carbocycles. The van der Waals surface area contributed by atoms with Crippen LogP contribution in [0.15, 0.2) is 24.3 Å². The minimum atomic E-state index is -0.745. The van der Waals surface area contributed by atoms with Crippen LogP contribution in [-0.2, 0) is 25.5 Å². The topological polar surface area (TPSA) is 123 Å². The molecular formula is C26H44N4O4. The first kappa shape index (κ1) is 29.6. The molecule has 0 aliphatic heterocycles. The van der Waals surface area contributed by atoms with E-state index in [4.69, 9.17) is 10.5 Å². The van der Waals surface area contributed by atoms with Gasteiger partial charge in [0.05, 0.1) is 12.1 Å². The first-order valence-electron chi connectivity index (χ1n) is 12.1. The fraction of sp³-hybridized carbons (Fsp3) is 0.654. The molecule has 1 aromatic rings. The fourth-order valence-electron chi connectivity index (χ4n) is 3.32. The van der Waals surface area contributed by atoms with Crippen molar-refractivity contribution in [3.05, 3.63) is 29.8 Å². The molecule has 0 radical (unpaired) electrons. The van der Waals surface area contributed by atoms with Crippen molar-refractivity contribution in [1.82, 2.24) is 10.6 Å². The van der Waals surface area contributed by atoms with Gasteiger partial charge in [0.25, 0.3) is 0 Å². The number of nitrogens with one attached hydrogen (secondary N) is 3. The van der Waals surface area contributed by atoms with Crippen molar-refractivity contribution >= 4 is 23.4 Å². The van der Waals surface area contributed by atoms with Crippen LogP contribution >= 0.6 is 0 Å². The van der Waals surface area contributed by atoms with Gasteiger partial charge in [0.1, 0.15) is 6.04 Å². The number of amides is 3. The Morgan fingerprint density at radius 1 is 1.00 bits per heavy atom. The molecule has 192 valence electrons. The van der Waals surface area contributed by atoms with Crippen molar-refractivity contribution in [1.29, 1.82) is 0 Å². The third kappa shape index (κ3) is 11.1. The van der Waals surface area contributed by atoms with Gasteiger partial charge in [-0.25, -0.2) is 0 Å². The predicted octanol–water partition coefficient (Wildman–Crippen LogP) is 3.00. The van der Waals surface area contributed by atoms with Crippen molar-refractivity contribution in [3.63, 3.8) is 0 Å². The van der Waals surface area contributed by atoms with Crippen LogP contribution < -0.4 is 21.7 Å². The van der Waals surface area contributed by atoms with E-state index in [0.29, 0.717) is 31.2 Å². The van der Waals surface area contributed by atoms with E-state index in [9.17, 15) is 14.4 Å². The number of ether oxygens (including phenoxy) is 1. The van der Waals surface area contributed by atoms with E-state index in [2.05, 4.69) is 29.8 Å². The number of carbonyl (C=O) groups excluding carboxylic acids is 3. The lowest BCUT2D eigenvalue weighted by molar-refractivity contribution is -0.133. The zero-order valence-corrected chi connectivity index (χ0v) is 21.9. The zero-order valence-electron chi connectivity index (χ0n) is 21.9. The third-order valence-electron chi connectivity index (χ3n) is 5.63. The Balaban J connectivity index is 2.43. The summed E-state index contributed by atoms with van der Waals surface area (Å²) in [5, 5.41) is 8.07. The maximum atomic E-state index is 12.6. The molecular weight excluding hydrogens is 432 g/mol. The smallest absolute Gasteiger partial charge is 0.246 e. The summed E-state index contributed by atoms with van der Waals surface area (Å²) < 4.78 is 5.85. The van der Waals surface area contributed by atoms with E-state index in [-0.39, 0.29) is 24.0 Å². The van der Waals surface area contributed by atoms with Gasteiger partial charge in [0.15, 0.2) is 0 Å². The quantitative estimate of drug-likeness (QED) is 0.329. The molecule has 3 amide bonds. The molecule has 8 nitrogen and oxygen atoms in total. The van der Waals surface area contributed by atoms with Gasteiger partial charge in [-0.2, -0.15) is 0 Å². The Hall–Kier alpha value is -2.45. The second-order valence-electron chi connectivity index (χ2n) is 10.5. The molecule has 1 atom stereocenters. The number of carbonyl (C=O) groups is 3. The van der Waals surface area contributed by atoms with Crippen LogP contribution in [0.1, 0.15) is 66.9 Å². The summed E-state index contributed by atoms with van der Waals surface area (Å²) in [6.07, 6.45) is 2.21. The summed E-state index contributed by atoms with van der Waals surface area (Å²) in [5.41, 5.74) is 6.43. The maximum Gasteiger partial charge on any atom is 0.246 e. The van der Waals surface area contributed by atoms with Crippen molar-refractivity contribution in [2.24, 2.45) is 17.1 Å². The largest absolute Gasteiger partial charge is 0.375 e. The highest BCUT2D eigenvalue weighted by molar-refractivity contribution is 5.97. The Bertz CT molecular complexity index is 804. The normalized spacial score (nSPS) is 12.9. The van der Waals surface area contributed by atoms with Crippen LogP contribution in [0.4, 0.5) is 5.69 Å². The molecule has 34 heavy (non-hydrogen) atoms. The lowest BCUT2D eigenvalue weighted by Crippen LogP contribution is -2.48. The number of anilines is 1. The lowest BCUT2D eigenvalue weighted by Gasteiger charge is -2.28. The minimum Gasteiger partial charge on any atom is -0.375 e. The Morgan fingerprint density at radius 2 is 1.62 bits per heavy atom. The van der Waals surface area contributed by atoms with E-state index < -0.39 is 17.4 Å². The van der Waals surface area contributed by atoms with E-state index in [1.54, 1.807) is 6.92 Å². The molecule has 5 N–H and O–H groups in total. The molecule has 8 heteroatoms. The van der Waals surface area contributed by atoms with Crippen molar-refractivity contribution in [2.75, 3.05) is 25.0 Å². The van der Waals surface area contributed by atoms with Gasteiger partial charge in [-0.05, 0) is 70.2 Å². The monoisotopic (exact) mass is 476 g/mol. The predicted molar refractivity (Wildman–Crippen MR) is 136 cm³/mol. The molecule has 0 saturated heterocycles. The highest BCUT2D eigenvalue weighted by Gasteiger charge is 2.29. The molecule has 0 spiro atoms. The van der Waals surface area contributed by atoms with Crippen LogP contribution in [-0.4, -0.2) is 49.1 Å². The third-order valence-corrected chi connectivity index (χ3v) is 5.63. The van der Waals surface area contributed by atoms with E-state index in [1.807, 2.05) is 52.0 Å². The van der Waals surface area contributed by atoms with Crippen molar-refractivity contribution in [2.45, 2.75) is 79.4 Å². The highest BCUT2D eigenvalue weighted by Crippen LogP contribution is 2.23. The van der Waals surface area contributed by atoms with Crippen LogP contribution in [0, 0.1) is 11.3 Å². The number of nitrogens with two attached hydrogens (primary N) is 1. The van der Waals surface area contributed by atoms with Gasteiger partial charge in [0, 0.05) is 17.7 Å². The average molecular weight is 477 g/mol. The van der Waals surface area contributed by atoms with Crippen LogP contribution in [0.3, 0.4) is 0 Å². The summed E-state index contributed by atoms with van der Waals surface area (Å²) >= 11 is 0. The molecule has 0 bridgehead atoms. The van der Waals surface area contributed by atoms with Gasteiger partial charge in [-0.15, -0.1) is 0 Å². The molecule has 1 aromatic carbocycles. The second kappa shape index (κ2) is 13.4. The fourth-order valence-corrected chi connectivity index (χ4v) is 3.32. The zero-order chi connectivity index (χ0) is 25.9. The number of hydrogen-bond acceptors (Lipinski definition) is 5. The van der Waals surface area contributed by atoms with Crippen LogP contribution in [0.25, 0.3) is 0 Å². The minimum absolute atomic E-state index is 0.205. The summed E-state index contributed by atoms with van der Waals surface area (Å²) in [6.45, 7) is 14.2. The number of hydrogen-bond donors (Lipinski definition) is 4. The van der Waals surface area contributed by atoms with Gasteiger partial charge in [0.2, 0.25) is 17.7 Å². The molecule has 0 saturated carbocycles. The summed E-state index contributed by atoms with van der Waals surface area (Å²) in [7, 11) is 0. The van der Waals surface area contributed by atoms with Gasteiger partial charge in [-0.1, -0.05) is 39.8 Å². The highest BCUT2D eigenvalue weighted by atomic mass is 16.5. The van der Waals surface area contributed by atoms with E-state index in [1.165, 1.54) is 5.56 Å². The maximum absolute atomic E-state index is 12.6. The van der Waals surface area contributed by atoms with Gasteiger partial charge < -0.3 is 26.4 Å². The van der Waals surface area contributed by atoms with Gasteiger partial charge in [-0.3, -0.25) is 14.4 Å². The Morgan fingerprint density at radius 3 is 2.18 bits per heavy atom. The number of rotatable bonds is 14. The molecule has 0 aliphatic rings. The molecule has 1 rings (SSSR count). The number of benzene rings is 1. The molecule has 0 aromatic heterocycles. The summed E-state index contributed by atoms with van der Waals surface area (Å²) in [5.74, 6) is -0.446. The second-order valence-corrected chi connectivity index (χ2v) is 10.5. The Labute approximate surface area is 204 Å². The molecule has 1 unspecified atom stereocenters. The Kier molecular flexibility index (Phi) is 11.7. The first-order valence-corrected chi connectivity index (χ1v) is 12.1.